The minimum absolute atomic E-state index is 0.00560. The van der Waals surface area contributed by atoms with Crippen LogP contribution in [0.25, 0.3) is 0 Å². The Kier molecular flexibility index (Phi) is 2.52. The highest BCUT2D eigenvalue weighted by molar-refractivity contribution is 7.07. The molecule has 0 radical (unpaired) electrons. The van der Waals surface area contributed by atoms with Gasteiger partial charge < -0.3 is 10.6 Å². The van der Waals surface area contributed by atoms with E-state index < -0.39 is 0 Å². The minimum atomic E-state index is 0.00560. The fourth-order valence-electron chi connectivity index (χ4n) is 1.64. The van der Waals surface area contributed by atoms with Gasteiger partial charge in [-0.25, -0.2) is 4.98 Å². The van der Waals surface area contributed by atoms with Crippen LogP contribution in [0, 0.1) is 5.92 Å². The summed E-state index contributed by atoms with van der Waals surface area (Å²) in [5.74, 6) is 0.392. The maximum absolute atomic E-state index is 11.8. The quantitative estimate of drug-likeness (QED) is 0.738. The van der Waals surface area contributed by atoms with Gasteiger partial charge >= 0.3 is 0 Å². The molecule has 0 bridgehead atoms. The van der Waals surface area contributed by atoms with E-state index in [2.05, 4.69) is 11.9 Å². The van der Waals surface area contributed by atoms with Gasteiger partial charge in [0, 0.05) is 24.5 Å². The average Bonchev–Trinajstić information content (AvgIpc) is 2.76. The van der Waals surface area contributed by atoms with Crippen LogP contribution in [0.2, 0.25) is 0 Å². The molecule has 5 heteroatoms. The Morgan fingerprint density at radius 3 is 3.00 bits per heavy atom. The van der Waals surface area contributed by atoms with Crippen LogP contribution in [0.1, 0.15) is 17.4 Å². The first-order valence-electron chi connectivity index (χ1n) is 4.61. The highest BCUT2D eigenvalue weighted by atomic mass is 32.1. The van der Waals surface area contributed by atoms with Crippen molar-refractivity contribution in [3.05, 3.63) is 16.6 Å². The molecule has 1 saturated heterocycles. The molecule has 0 saturated carbocycles. The summed E-state index contributed by atoms with van der Waals surface area (Å²) in [6, 6.07) is 0.109. The summed E-state index contributed by atoms with van der Waals surface area (Å²) < 4.78 is 0. The summed E-state index contributed by atoms with van der Waals surface area (Å²) in [6.45, 7) is 3.47. The largest absolute Gasteiger partial charge is 0.335 e. The van der Waals surface area contributed by atoms with Crippen molar-refractivity contribution < 1.29 is 4.79 Å². The van der Waals surface area contributed by atoms with Gasteiger partial charge in [0.2, 0.25) is 0 Å². The molecule has 4 nitrogen and oxygen atoms in total. The zero-order chi connectivity index (χ0) is 10.1. The Labute approximate surface area is 86.7 Å². The molecule has 1 aromatic heterocycles. The number of hydrogen-bond acceptors (Lipinski definition) is 4. The highest BCUT2D eigenvalue weighted by Crippen LogP contribution is 2.17. The van der Waals surface area contributed by atoms with E-state index in [1.807, 2.05) is 0 Å². The maximum atomic E-state index is 11.8. The SMILES string of the molecule is CC1CN(C(=O)c2cscn2)CC1N. The van der Waals surface area contributed by atoms with Crippen molar-refractivity contribution in [3.8, 4) is 0 Å². The first kappa shape index (κ1) is 9.61. The van der Waals surface area contributed by atoms with Crippen LogP contribution >= 0.6 is 11.3 Å². The Bertz CT molecular complexity index is 315. The zero-order valence-electron chi connectivity index (χ0n) is 8.01. The first-order valence-corrected chi connectivity index (χ1v) is 5.56. The fourth-order valence-corrected chi connectivity index (χ4v) is 2.16. The van der Waals surface area contributed by atoms with Gasteiger partial charge in [-0.1, -0.05) is 6.92 Å². The molecule has 76 valence electrons. The summed E-state index contributed by atoms with van der Waals surface area (Å²) in [4.78, 5) is 17.6. The lowest BCUT2D eigenvalue weighted by Gasteiger charge is -2.13. The Morgan fingerprint density at radius 2 is 2.50 bits per heavy atom. The second-order valence-electron chi connectivity index (χ2n) is 3.72. The van der Waals surface area contributed by atoms with Crippen LogP contribution in [0.4, 0.5) is 0 Å². The topological polar surface area (TPSA) is 59.2 Å². The molecule has 1 aliphatic heterocycles. The number of nitrogens with two attached hydrogens (primary N) is 1. The monoisotopic (exact) mass is 211 g/mol. The molecular formula is C9H13N3OS. The summed E-state index contributed by atoms with van der Waals surface area (Å²) in [6.07, 6.45) is 0. The van der Waals surface area contributed by atoms with Crippen LogP contribution in [0.5, 0.6) is 0 Å². The normalized spacial score (nSPS) is 26.9. The van der Waals surface area contributed by atoms with E-state index in [1.165, 1.54) is 11.3 Å². The zero-order valence-corrected chi connectivity index (χ0v) is 8.83. The van der Waals surface area contributed by atoms with Crippen LogP contribution in [0.3, 0.4) is 0 Å². The Hall–Kier alpha value is -0.940. The van der Waals surface area contributed by atoms with E-state index in [1.54, 1.807) is 15.8 Å². The fraction of sp³-hybridized carbons (Fsp3) is 0.556. The number of likely N-dealkylation sites (tertiary alicyclic amines) is 1. The molecule has 0 aromatic carbocycles. The third-order valence-corrected chi connectivity index (χ3v) is 3.20. The summed E-state index contributed by atoms with van der Waals surface area (Å²) in [7, 11) is 0. The van der Waals surface area contributed by atoms with Crippen molar-refractivity contribution >= 4 is 17.2 Å². The van der Waals surface area contributed by atoms with Crippen molar-refractivity contribution in [2.75, 3.05) is 13.1 Å². The van der Waals surface area contributed by atoms with E-state index in [4.69, 9.17) is 5.73 Å². The number of amides is 1. The van der Waals surface area contributed by atoms with E-state index in [-0.39, 0.29) is 11.9 Å². The number of carbonyl (C=O) groups excluding carboxylic acids is 1. The standard InChI is InChI=1S/C9H13N3OS/c1-6-2-12(3-7(6)10)9(13)8-4-14-5-11-8/h4-7H,2-3,10H2,1H3. The molecule has 0 aliphatic carbocycles. The number of carbonyl (C=O) groups is 1. The van der Waals surface area contributed by atoms with Crippen LogP contribution < -0.4 is 5.73 Å². The van der Waals surface area contributed by atoms with Crippen molar-refractivity contribution in [1.82, 2.24) is 9.88 Å². The maximum Gasteiger partial charge on any atom is 0.273 e. The first-order chi connectivity index (χ1) is 6.68. The molecule has 1 aliphatic rings. The van der Waals surface area contributed by atoms with Crippen molar-refractivity contribution in [3.63, 3.8) is 0 Å². The van der Waals surface area contributed by atoms with Gasteiger partial charge in [0.15, 0.2) is 0 Å². The lowest BCUT2D eigenvalue weighted by atomic mass is 10.1. The molecule has 1 fully saturated rings. The van der Waals surface area contributed by atoms with Crippen molar-refractivity contribution in [2.24, 2.45) is 11.7 Å². The smallest absolute Gasteiger partial charge is 0.273 e. The van der Waals surface area contributed by atoms with Crippen LogP contribution in [-0.4, -0.2) is 34.9 Å². The number of rotatable bonds is 1. The van der Waals surface area contributed by atoms with E-state index in [9.17, 15) is 4.79 Å². The van der Waals surface area contributed by atoms with Gasteiger partial charge in [-0.15, -0.1) is 11.3 Å². The lowest BCUT2D eigenvalue weighted by molar-refractivity contribution is 0.0782. The molecule has 2 N–H and O–H groups in total. The molecule has 2 unspecified atom stereocenters. The molecule has 0 spiro atoms. The van der Waals surface area contributed by atoms with E-state index in [0.717, 1.165) is 6.54 Å². The van der Waals surface area contributed by atoms with Gasteiger partial charge in [-0.05, 0) is 5.92 Å². The Morgan fingerprint density at radius 1 is 1.71 bits per heavy atom. The van der Waals surface area contributed by atoms with Gasteiger partial charge in [0.05, 0.1) is 5.51 Å². The molecular weight excluding hydrogens is 198 g/mol. The number of thiazole rings is 1. The molecule has 14 heavy (non-hydrogen) atoms. The molecule has 2 heterocycles. The number of aromatic nitrogens is 1. The lowest BCUT2D eigenvalue weighted by Crippen LogP contribution is -2.32. The van der Waals surface area contributed by atoms with Gasteiger partial charge in [-0.3, -0.25) is 4.79 Å². The summed E-state index contributed by atoms with van der Waals surface area (Å²) >= 11 is 1.44. The number of hydrogen-bond donors (Lipinski definition) is 1. The Balaban J connectivity index is 2.07. The second kappa shape index (κ2) is 3.67. The van der Waals surface area contributed by atoms with Crippen molar-refractivity contribution in [2.45, 2.75) is 13.0 Å². The molecule has 1 aromatic rings. The van der Waals surface area contributed by atoms with Gasteiger partial charge in [0.25, 0.3) is 5.91 Å². The van der Waals surface area contributed by atoms with Gasteiger partial charge in [-0.2, -0.15) is 0 Å². The third kappa shape index (κ3) is 1.65. The predicted molar refractivity (Wildman–Crippen MR) is 55.2 cm³/mol. The second-order valence-corrected chi connectivity index (χ2v) is 4.44. The third-order valence-electron chi connectivity index (χ3n) is 2.61. The average molecular weight is 211 g/mol. The highest BCUT2D eigenvalue weighted by Gasteiger charge is 2.30. The predicted octanol–water partition coefficient (Wildman–Crippen LogP) is 0.562. The summed E-state index contributed by atoms with van der Waals surface area (Å²) in [5.41, 5.74) is 8.06. The van der Waals surface area contributed by atoms with Crippen LogP contribution in [0.15, 0.2) is 10.9 Å². The van der Waals surface area contributed by atoms with Gasteiger partial charge in [0.1, 0.15) is 5.69 Å². The van der Waals surface area contributed by atoms with Crippen LogP contribution in [-0.2, 0) is 0 Å². The molecule has 1 amide bonds. The number of nitrogens with zero attached hydrogens (tertiary/aromatic N) is 2. The minimum Gasteiger partial charge on any atom is -0.335 e. The molecule has 2 rings (SSSR count). The summed E-state index contributed by atoms with van der Waals surface area (Å²) in [5, 5.41) is 1.77. The van der Waals surface area contributed by atoms with E-state index in [0.29, 0.717) is 18.2 Å². The van der Waals surface area contributed by atoms with E-state index >= 15 is 0 Å². The molecule has 2 atom stereocenters. The van der Waals surface area contributed by atoms with Crippen molar-refractivity contribution in [1.29, 1.82) is 0 Å².